The summed E-state index contributed by atoms with van der Waals surface area (Å²) in [5, 5.41) is 0. The Morgan fingerprint density at radius 2 is 1.78 bits per heavy atom. The molecule has 5 nitrogen and oxygen atoms in total. The molecule has 2 rings (SSSR count). The first kappa shape index (κ1) is 13.8. The van der Waals surface area contributed by atoms with Crippen LogP contribution in [0.3, 0.4) is 0 Å². The van der Waals surface area contributed by atoms with Gasteiger partial charge in [-0.25, -0.2) is 8.42 Å². The summed E-state index contributed by atoms with van der Waals surface area (Å²) < 4.78 is 22.2. The molecule has 0 aromatic carbocycles. The molecule has 0 spiro atoms. The predicted octanol–water partition coefficient (Wildman–Crippen LogP) is -0.169. The first-order valence-corrected chi connectivity index (χ1v) is 8.62. The summed E-state index contributed by atoms with van der Waals surface area (Å²) in [4.78, 5) is 16.1. The minimum Gasteiger partial charge on any atom is -0.340 e. The second-order valence-electron chi connectivity index (χ2n) is 5.62. The van der Waals surface area contributed by atoms with Crippen LogP contribution in [0.2, 0.25) is 0 Å². The monoisotopic (exact) mass is 274 g/mol. The lowest BCUT2D eigenvalue weighted by atomic mass is 10.2. The van der Waals surface area contributed by atoms with E-state index in [1.807, 2.05) is 4.90 Å². The minimum absolute atomic E-state index is 0.209. The number of nitrogens with zero attached hydrogens (tertiary/aromatic N) is 2. The summed E-state index contributed by atoms with van der Waals surface area (Å²) in [5.74, 6) is 1.32. The van der Waals surface area contributed by atoms with Crippen molar-refractivity contribution in [2.24, 2.45) is 11.8 Å². The van der Waals surface area contributed by atoms with Gasteiger partial charge in [0.15, 0.2) is 0 Å². The van der Waals surface area contributed by atoms with Gasteiger partial charge < -0.3 is 4.90 Å². The molecular weight excluding hydrogens is 252 g/mol. The van der Waals surface area contributed by atoms with Crippen LogP contribution in [-0.2, 0) is 14.6 Å². The number of hydrogen-bond donors (Lipinski definition) is 0. The highest BCUT2D eigenvalue weighted by atomic mass is 32.2. The molecule has 0 unspecified atom stereocenters. The zero-order chi connectivity index (χ0) is 13.3. The van der Waals surface area contributed by atoms with Gasteiger partial charge in [0.2, 0.25) is 5.91 Å². The quantitative estimate of drug-likeness (QED) is 0.714. The summed E-state index contributed by atoms with van der Waals surface area (Å²) in [5.41, 5.74) is 0. The average Bonchev–Trinajstić information content (AvgIpc) is 3.03. The third-order valence-electron chi connectivity index (χ3n) is 3.89. The van der Waals surface area contributed by atoms with Crippen LogP contribution >= 0.6 is 0 Å². The van der Waals surface area contributed by atoms with E-state index in [0.29, 0.717) is 18.4 Å². The molecule has 0 radical (unpaired) electrons. The van der Waals surface area contributed by atoms with Gasteiger partial charge in [-0.2, -0.15) is 0 Å². The van der Waals surface area contributed by atoms with Crippen molar-refractivity contribution in [1.29, 1.82) is 0 Å². The molecule has 1 aliphatic carbocycles. The Kier molecular flexibility index (Phi) is 3.96. The topological polar surface area (TPSA) is 57.7 Å². The van der Waals surface area contributed by atoms with Gasteiger partial charge in [0.05, 0.1) is 5.75 Å². The van der Waals surface area contributed by atoms with Crippen molar-refractivity contribution < 1.29 is 13.2 Å². The molecule has 0 aromatic rings. The van der Waals surface area contributed by atoms with Crippen molar-refractivity contribution in [2.75, 3.05) is 44.7 Å². The van der Waals surface area contributed by atoms with Gasteiger partial charge in [-0.15, -0.1) is 0 Å². The summed E-state index contributed by atoms with van der Waals surface area (Å²) >= 11 is 0. The lowest BCUT2D eigenvalue weighted by Gasteiger charge is -2.34. The van der Waals surface area contributed by atoms with Crippen LogP contribution < -0.4 is 0 Å². The SMILES string of the molecule is C[C@@H]1C[C@H]1C(=O)N1CCN(CCS(C)(=O)=O)CC1. The van der Waals surface area contributed by atoms with E-state index in [1.54, 1.807) is 0 Å². The molecule has 0 N–H and O–H groups in total. The third kappa shape index (κ3) is 3.68. The van der Waals surface area contributed by atoms with Crippen molar-refractivity contribution in [3.8, 4) is 0 Å². The van der Waals surface area contributed by atoms with E-state index in [0.717, 1.165) is 32.6 Å². The van der Waals surface area contributed by atoms with Gasteiger partial charge in [0, 0.05) is 44.9 Å². The molecule has 0 aromatic heterocycles. The van der Waals surface area contributed by atoms with Crippen LogP contribution in [0.1, 0.15) is 13.3 Å². The fraction of sp³-hybridized carbons (Fsp3) is 0.917. The summed E-state index contributed by atoms with van der Waals surface area (Å²) in [6, 6.07) is 0. The first-order valence-electron chi connectivity index (χ1n) is 6.55. The molecule has 6 heteroatoms. The molecule has 18 heavy (non-hydrogen) atoms. The highest BCUT2D eigenvalue weighted by Gasteiger charge is 2.41. The van der Waals surface area contributed by atoms with E-state index < -0.39 is 9.84 Å². The van der Waals surface area contributed by atoms with Crippen LogP contribution in [0.15, 0.2) is 0 Å². The van der Waals surface area contributed by atoms with Gasteiger partial charge in [0.25, 0.3) is 0 Å². The van der Waals surface area contributed by atoms with Crippen molar-refractivity contribution in [3.63, 3.8) is 0 Å². The highest BCUT2D eigenvalue weighted by Crippen LogP contribution is 2.39. The molecule has 1 heterocycles. The molecular formula is C12H22N2O3S. The maximum atomic E-state index is 12.0. The van der Waals surface area contributed by atoms with E-state index in [4.69, 9.17) is 0 Å². The lowest BCUT2D eigenvalue weighted by molar-refractivity contribution is -0.134. The predicted molar refractivity (Wildman–Crippen MR) is 70.0 cm³/mol. The standard InChI is InChI=1S/C12H22N2O3S/c1-10-9-11(10)12(15)14-5-3-13(4-6-14)7-8-18(2,16)17/h10-11H,3-9H2,1-2H3/t10-,11-/m1/s1. The van der Waals surface area contributed by atoms with Crippen molar-refractivity contribution in [3.05, 3.63) is 0 Å². The largest absolute Gasteiger partial charge is 0.340 e. The van der Waals surface area contributed by atoms with Crippen molar-refractivity contribution in [2.45, 2.75) is 13.3 Å². The van der Waals surface area contributed by atoms with Gasteiger partial charge in [-0.05, 0) is 12.3 Å². The minimum atomic E-state index is -2.89. The lowest BCUT2D eigenvalue weighted by Crippen LogP contribution is -2.50. The Morgan fingerprint density at radius 1 is 1.22 bits per heavy atom. The fourth-order valence-corrected chi connectivity index (χ4v) is 2.98. The van der Waals surface area contributed by atoms with Crippen molar-refractivity contribution in [1.82, 2.24) is 9.80 Å². The maximum absolute atomic E-state index is 12.0. The van der Waals surface area contributed by atoms with Crippen LogP contribution in [0.25, 0.3) is 0 Å². The zero-order valence-electron chi connectivity index (χ0n) is 11.1. The Bertz CT molecular complexity index is 413. The summed E-state index contributed by atoms with van der Waals surface area (Å²) in [6.45, 7) is 5.77. The normalized spacial score (nSPS) is 29.3. The summed E-state index contributed by atoms with van der Waals surface area (Å²) in [6.07, 6.45) is 2.30. The first-order chi connectivity index (χ1) is 8.37. The fourth-order valence-electron chi connectivity index (χ4n) is 2.39. The zero-order valence-corrected chi connectivity index (χ0v) is 11.9. The third-order valence-corrected chi connectivity index (χ3v) is 4.81. The van der Waals surface area contributed by atoms with Crippen LogP contribution in [0.5, 0.6) is 0 Å². The second-order valence-corrected chi connectivity index (χ2v) is 7.88. The van der Waals surface area contributed by atoms with E-state index in [2.05, 4.69) is 11.8 Å². The van der Waals surface area contributed by atoms with Crippen LogP contribution in [0, 0.1) is 11.8 Å². The second kappa shape index (κ2) is 5.17. The molecule has 2 atom stereocenters. The molecule has 104 valence electrons. The van der Waals surface area contributed by atoms with Gasteiger partial charge in [-0.3, -0.25) is 9.69 Å². The number of amides is 1. The molecule has 1 amide bonds. The number of carbonyl (C=O) groups excluding carboxylic acids is 1. The smallest absolute Gasteiger partial charge is 0.226 e. The number of piperazine rings is 1. The van der Waals surface area contributed by atoms with Crippen molar-refractivity contribution >= 4 is 15.7 Å². The van der Waals surface area contributed by atoms with Crippen LogP contribution in [-0.4, -0.2) is 68.9 Å². The van der Waals surface area contributed by atoms with E-state index in [-0.39, 0.29) is 11.7 Å². The van der Waals surface area contributed by atoms with Gasteiger partial charge in [0.1, 0.15) is 9.84 Å². The number of sulfone groups is 1. The molecule has 2 fully saturated rings. The number of rotatable bonds is 4. The molecule has 2 aliphatic rings. The summed E-state index contributed by atoms with van der Waals surface area (Å²) in [7, 11) is -2.89. The maximum Gasteiger partial charge on any atom is 0.226 e. The Balaban J connectivity index is 1.73. The number of hydrogen-bond acceptors (Lipinski definition) is 4. The average molecular weight is 274 g/mol. The van der Waals surface area contributed by atoms with Gasteiger partial charge in [-0.1, -0.05) is 6.92 Å². The Labute approximate surface area is 109 Å². The highest BCUT2D eigenvalue weighted by molar-refractivity contribution is 7.90. The molecule has 0 bridgehead atoms. The van der Waals surface area contributed by atoms with E-state index in [9.17, 15) is 13.2 Å². The Morgan fingerprint density at radius 3 is 2.22 bits per heavy atom. The van der Waals surface area contributed by atoms with E-state index >= 15 is 0 Å². The van der Waals surface area contributed by atoms with Gasteiger partial charge >= 0.3 is 0 Å². The molecule has 1 saturated carbocycles. The van der Waals surface area contributed by atoms with Crippen LogP contribution in [0.4, 0.5) is 0 Å². The van der Waals surface area contributed by atoms with E-state index in [1.165, 1.54) is 6.26 Å². The molecule has 1 saturated heterocycles. The molecule has 1 aliphatic heterocycles. The number of carbonyl (C=O) groups is 1. The Hall–Kier alpha value is -0.620.